The van der Waals surface area contributed by atoms with E-state index in [0.717, 1.165) is 29.7 Å². The number of anilines is 1. The summed E-state index contributed by atoms with van der Waals surface area (Å²) in [7, 11) is 0. The van der Waals surface area contributed by atoms with Crippen LogP contribution >= 0.6 is 0 Å². The van der Waals surface area contributed by atoms with Crippen molar-refractivity contribution in [3.8, 4) is 5.75 Å². The predicted molar refractivity (Wildman–Crippen MR) is 103 cm³/mol. The quantitative estimate of drug-likeness (QED) is 0.612. The van der Waals surface area contributed by atoms with E-state index in [1.54, 1.807) is 6.07 Å². The number of amides is 1. The molecule has 1 saturated carbocycles. The zero-order chi connectivity index (χ0) is 19.5. The van der Waals surface area contributed by atoms with Gasteiger partial charge in [0.1, 0.15) is 11.6 Å². The van der Waals surface area contributed by atoms with E-state index < -0.39 is 6.61 Å². The summed E-state index contributed by atoms with van der Waals surface area (Å²) in [6.45, 7) is -2.89. The van der Waals surface area contributed by atoms with Crippen molar-refractivity contribution in [1.29, 1.82) is 0 Å². The van der Waals surface area contributed by atoms with Crippen molar-refractivity contribution in [1.82, 2.24) is 9.97 Å². The molecule has 146 valence electrons. The van der Waals surface area contributed by atoms with Gasteiger partial charge in [-0.1, -0.05) is 19.3 Å². The monoisotopic (exact) mass is 385 g/mol. The molecule has 0 atom stereocenters. The summed E-state index contributed by atoms with van der Waals surface area (Å²) in [6.07, 6.45) is 6.10. The average molecular weight is 385 g/mol. The van der Waals surface area contributed by atoms with Crippen molar-refractivity contribution in [2.24, 2.45) is 0 Å². The van der Waals surface area contributed by atoms with Crippen LogP contribution in [0, 0.1) is 0 Å². The highest BCUT2D eigenvalue weighted by molar-refractivity contribution is 6.05. The van der Waals surface area contributed by atoms with Crippen LogP contribution in [0.1, 0.15) is 54.2 Å². The van der Waals surface area contributed by atoms with Crippen LogP contribution in [-0.4, -0.2) is 22.5 Å². The second-order valence-corrected chi connectivity index (χ2v) is 7.05. The largest absolute Gasteiger partial charge is 0.435 e. The van der Waals surface area contributed by atoms with Crippen molar-refractivity contribution < 1.29 is 18.3 Å². The molecule has 1 fully saturated rings. The molecule has 1 heterocycles. The molecule has 2 N–H and O–H groups in total. The molecule has 28 heavy (non-hydrogen) atoms. The summed E-state index contributed by atoms with van der Waals surface area (Å²) in [5, 5.41) is 2.82. The molecule has 0 aliphatic heterocycles. The summed E-state index contributed by atoms with van der Waals surface area (Å²) < 4.78 is 28.7. The van der Waals surface area contributed by atoms with Gasteiger partial charge in [0, 0.05) is 17.2 Å². The average Bonchev–Trinajstić information content (AvgIpc) is 3.12. The third kappa shape index (κ3) is 4.13. The Morgan fingerprint density at radius 1 is 1.11 bits per heavy atom. The first-order valence-corrected chi connectivity index (χ1v) is 9.44. The van der Waals surface area contributed by atoms with Crippen LogP contribution in [0.5, 0.6) is 5.75 Å². The second-order valence-electron chi connectivity index (χ2n) is 7.05. The van der Waals surface area contributed by atoms with Crippen LogP contribution in [0.2, 0.25) is 0 Å². The maximum absolute atomic E-state index is 12.4. The van der Waals surface area contributed by atoms with Crippen LogP contribution in [-0.2, 0) is 0 Å². The molecule has 1 aromatic heterocycles. The molecule has 2 aromatic carbocycles. The Bertz CT molecular complexity index is 963. The van der Waals surface area contributed by atoms with Crippen LogP contribution in [0.3, 0.4) is 0 Å². The number of aromatic nitrogens is 2. The van der Waals surface area contributed by atoms with E-state index in [-0.39, 0.29) is 11.7 Å². The van der Waals surface area contributed by atoms with Crippen molar-refractivity contribution in [3.63, 3.8) is 0 Å². The zero-order valence-electron chi connectivity index (χ0n) is 15.3. The van der Waals surface area contributed by atoms with Gasteiger partial charge in [0.15, 0.2) is 0 Å². The first kappa shape index (κ1) is 18.4. The molecule has 0 bridgehead atoms. The lowest BCUT2D eigenvalue weighted by Crippen LogP contribution is -2.11. The molecule has 1 aliphatic rings. The van der Waals surface area contributed by atoms with Gasteiger partial charge < -0.3 is 15.0 Å². The topological polar surface area (TPSA) is 67.0 Å². The molecule has 0 spiro atoms. The van der Waals surface area contributed by atoms with Crippen LogP contribution in [0.15, 0.2) is 42.5 Å². The van der Waals surface area contributed by atoms with E-state index >= 15 is 0 Å². The number of imidazole rings is 1. The van der Waals surface area contributed by atoms with Gasteiger partial charge in [0.25, 0.3) is 5.91 Å². The first-order valence-electron chi connectivity index (χ1n) is 9.44. The molecule has 7 heteroatoms. The first-order chi connectivity index (χ1) is 13.6. The minimum absolute atomic E-state index is 0.0145. The fourth-order valence-corrected chi connectivity index (χ4v) is 3.67. The zero-order valence-corrected chi connectivity index (χ0v) is 15.3. The number of carbonyl (C=O) groups excluding carboxylic acids is 1. The molecule has 4 rings (SSSR count). The minimum Gasteiger partial charge on any atom is -0.435 e. The fourth-order valence-electron chi connectivity index (χ4n) is 3.67. The number of nitrogens with one attached hydrogen (secondary N) is 2. The summed E-state index contributed by atoms with van der Waals surface area (Å²) in [6, 6.07) is 11.1. The number of H-pyrrole nitrogens is 1. The number of halogens is 2. The standard InChI is InChI=1S/C21H21F2N3O2/c22-21(23)28-16-9-6-14(7-10-16)20(27)24-15-8-11-17-18(12-15)26-19(25-17)13-4-2-1-3-5-13/h6-13,21H,1-5H2,(H,24,27)(H,25,26). The lowest BCUT2D eigenvalue weighted by Gasteiger charge is -2.18. The van der Waals surface area contributed by atoms with Gasteiger partial charge in [0.2, 0.25) is 0 Å². The van der Waals surface area contributed by atoms with Crippen molar-refractivity contribution in [2.45, 2.75) is 44.6 Å². The van der Waals surface area contributed by atoms with E-state index in [9.17, 15) is 13.6 Å². The number of ether oxygens (including phenoxy) is 1. The SMILES string of the molecule is O=C(Nc1ccc2nc(C3CCCCC3)[nH]c2c1)c1ccc(OC(F)F)cc1. The number of fused-ring (bicyclic) bond motifs is 1. The van der Waals surface area contributed by atoms with Gasteiger partial charge in [-0.3, -0.25) is 4.79 Å². The smallest absolute Gasteiger partial charge is 0.387 e. The maximum atomic E-state index is 12.4. The van der Waals surface area contributed by atoms with Crippen molar-refractivity contribution >= 4 is 22.6 Å². The Balaban J connectivity index is 1.47. The molecule has 0 unspecified atom stereocenters. The number of hydrogen-bond acceptors (Lipinski definition) is 3. The summed E-state index contributed by atoms with van der Waals surface area (Å²) in [5.41, 5.74) is 2.77. The number of benzene rings is 2. The van der Waals surface area contributed by atoms with E-state index in [0.29, 0.717) is 17.2 Å². The number of hydrogen-bond donors (Lipinski definition) is 2. The van der Waals surface area contributed by atoms with E-state index in [4.69, 9.17) is 4.98 Å². The highest BCUT2D eigenvalue weighted by Gasteiger charge is 2.19. The van der Waals surface area contributed by atoms with Gasteiger partial charge in [0.05, 0.1) is 11.0 Å². The van der Waals surface area contributed by atoms with Gasteiger partial charge in [-0.15, -0.1) is 0 Å². The second kappa shape index (κ2) is 7.96. The lowest BCUT2D eigenvalue weighted by molar-refractivity contribution is -0.0498. The Morgan fingerprint density at radius 2 is 1.86 bits per heavy atom. The third-order valence-corrected chi connectivity index (χ3v) is 5.09. The Labute approximate surface area is 161 Å². The molecule has 0 radical (unpaired) electrons. The molecule has 3 aromatic rings. The van der Waals surface area contributed by atoms with E-state index in [2.05, 4.69) is 15.0 Å². The van der Waals surface area contributed by atoms with Gasteiger partial charge in [-0.2, -0.15) is 8.78 Å². The Hall–Kier alpha value is -2.96. The number of aromatic amines is 1. The van der Waals surface area contributed by atoms with Gasteiger partial charge >= 0.3 is 6.61 Å². The highest BCUT2D eigenvalue weighted by Crippen LogP contribution is 2.32. The lowest BCUT2D eigenvalue weighted by atomic mass is 9.89. The van der Waals surface area contributed by atoms with Crippen LogP contribution < -0.4 is 10.1 Å². The molecule has 0 saturated heterocycles. The molecule has 1 amide bonds. The Morgan fingerprint density at radius 3 is 2.57 bits per heavy atom. The number of alkyl halides is 2. The number of carbonyl (C=O) groups is 1. The third-order valence-electron chi connectivity index (χ3n) is 5.09. The molecule has 1 aliphatic carbocycles. The molecular weight excluding hydrogens is 364 g/mol. The summed E-state index contributed by atoms with van der Waals surface area (Å²) in [5.74, 6) is 1.19. The molecule has 5 nitrogen and oxygen atoms in total. The highest BCUT2D eigenvalue weighted by atomic mass is 19.3. The van der Waals surface area contributed by atoms with Crippen LogP contribution in [0.25, 0.3) is 11.0 Å². The van der Waals surface area contributed by atoms with E-state index in [1.165, 1.54) is 43.5 Å². The molecular formula is C21H21F2N3O2. The van der Waals surface area contributed by atoms with Gasteiger partial charge in [-0.25, -0.2) is 4.98 Å². The summed E-state index contributed by atoms with van der Waals surface area (Å²) >= 11 is 0. The number of rotatable bonds is 5. The summed E-state index contributed by atoms with van der Waals surface area (Å²) in [4.78, 5) is 20.5. The van der Waals surface area contributed by atoms with Crippen molar-refractivity contribution in [3.05, 3.63) is 53.9 Å². The van der Waals surface area contributed by atoms with E-state index in [1.807, 2.05) is 12.1 Å². The maximum Gasteiger partial charge on any atom is 0.387 e. The fraction of sp³-hybridized carbons (Fsp3) is 0.333. The normalized spacial score (nSPS) is 15.1. The minimum atomic E-state index is -2.89. The van der Waals surface area contributed by atoms with Crippen molar-refractivity contribution in [2.75, 3.05) is 5.32 Å². The number of nitrogens with zero attached hydrogens (tertiary/aromatic N) is 1. The Kier molecular flexibility index (Phi) is 5.23. The van der Waals surface area contributed by atoms with Crippen LogP contribution in [0.4, 0.5) is 14.5 Å². The predicted octanol–water partition coefficient (Wildman–Crippen LogP) is 5.46. The van der Waals surface area contributed by atoms with Gasteiger partial charge in [-0.05, 0) is 55.3 Å².